The van der Waals surface area contributed by atoms with Crippen LogP contribution in [0.5, 0.6) is 23.0 Å². The van der Waals surface area contributed by atoms with E-state index in [9.17, 15) is 4.79 Å². The maximum atomic E-state index is 15.0. The summed E-state index contributed by atoms with van der Waals surface area (Å²) in [6, 6.07) is 68.5. The van der Waals surface area contributed by atoms with E-state index in [2.05, 4.69) is 92.8 Å². The van der Waals surface area contributed by atoms with Gasteiger partial charge >= 0.3 is 12.1 Å². The van der Waals surface area contributed by atoms with Crippen molar-refractivity contribution in [1.82, 2.24) is 0 Å². The molecular formula is C98H98F3NO6. The Balaban J connectivity index is 0.809. The number of anilines is 1. The number of unbranched alkanes of at least 4 members (excludes halogenated alkanes) is 5. The number of methoxy groups -OCH3 is 1. The van der Waals surface area contributed by atoms with Gasteiger partial charge in [0, 0.05) is 44.1 Å². The standard InChI is InChI=1S/C98H98F3NO6/c1-7-10-13-16-63-20-24-65(25-21-63)67-28-32-69(33-29-67)71-36-40-74(41-37-71)94(103)102-79-51-44-73(45-52-79)85-62-86-90-82-57-50-78(98(99,100)101)61-87(82)96(4,5)92(90)84-58-59-97(76-46-53-80(105-6)54-47-76,77-48-55-81(56-49-77)106-60-12-9-3)108-93(84)91(86)83-18-15-19-88(89(83)85)107-95(104)75-42-38-72(39-43-75)70-34-30-68(31-35-70)66-26-22-64(23-27-66)17-14-11-8-2/h15,18-19,28-59,61-66H,7-14,16-17,20-27,60H2,1-6H3,(H,102,103). The summed E-state index contributed by atoms with van der Waals surface area (Å²) in [5.41, 5.74) is 11.9. The molecule has 11 aromatic rings. The summed E-state index contributed by atoms with van der Waals surface area (Å²) >= 11 is 0. The van der Waals surface area contributed by atoms with Crippen LogP contribution in [-0.4, -0.2) is 25.6 Å². The van der Waals surface area contributed by atoms with E-state index >= 15 is 18.0 Å². The van der Waals surface area contributed by atoms with Gasteiger partial charge in [-0.05, 0) is 250 Å². The quantitative estimate of drug-likeness (QED) is 0.0281. The first-order valence-electron chi connectivity index (χ1n) is 39.6. The van der Waals surface area contributed by atoms with Crippen LogP contribution in [0.15, 0.2) is 218 Å². The summed E-state index contributed by atoms with van der Waals surface area (Å²) in [4.78, 5) is 29.3. The molecule has 3 aliphatic carbocycles. The molecular weight excluding hydrogens is 1340 g/mol. The van der Waals surface area contributed by atoms with Crippen LogP contribution in [0, 0.1) is 11.8 Å². The summed E-state index contributed by atoms with van der Waals surface area (Å²) in [6.07, 6.45) is 22.2. The van der Waals surface area contributed by atoms with Gasteiger partial charge in [0.2, 0.25) is 0 Å². The Bertz CT molecular complexity index is 5060. The van der Waals surface area contributed by atoms with Crippen molar-refractivity contribution < 1.29 is 41.7 Å². The van der Waals surface area contributed by atoms with Crippen LogP contribution in [-0.2, 0) is 17.2 Å². The van der Waals surface area contributed by atoms with Crippen LogP contribution in [0.2, 0.25) is 0 Å². The number of esters is 1. The lowest BCUT2D eigenvalue weighted by Gasteiger charge is -2.39. The summed E-state index contributed by atoms with van der Waals surface area (Å²) < 4.78 is 71.6. The molecule has 0 saturated heterocycles. The monoisotopic (exact) mass is 1440 g/mol. The SMILES string of the molecule is CCCCCC1CCC(c2ccc(-c3ccc(C(=O)Nc4ccc(-c5cc6c7c(c8c(c6c6cccc(OC(=O)c9ccc(-c%10ccc(C%11CCC(CCCCC)CC%11)cc%10)cc9)c56)OC(c5ccc(OC)cc5)(c5ccc(OCCCC)cc5)C=C8)C(C)(C)c5cc(C(F)(F)F)ccc5-7)cc4)cc3)cc2)CC1. The number of fused-ring (bicyclic) bond motifs is 10. The Morgan fingerprint density at radius 2 is 1.06 bits per heavy atom. The van der Waals surface area contributed by atoms with Crippen molar-refractivity contribution >= 4 is 45.2 Å². The second kappa shape index (κ2) is 31.6. The molecule has 7 nitrogen and oxygen atoms in total. The molecule has 1 N–H and O–H groups in total. The van der Waals surface area contributed by atoms with E-state index in [1.807, 2.05) is 153 Å². The highest BCUT2D eigenvalue weighted by Crippen LogP contribution is 2.61. The maximum absolute atomic E-state index is 15.0. The molecule has 0 aromatic heterocycles. The molecule has 108 heavy (non-hydrogen) atoms. The van der Waals surface area contributed by atoms with Gasteiger partial charge in [-0.1, -0.05) is 226 Å². The third-order valence-electron chi connectivity index (χ3n) is 24.1. The number of halogens is 3. The number of nitrogens with one attached hydrogen (secondary N) is 1. The molecule has 1 amide bonds. The van der Waals surface area contributed by atoms with Crippen LogP contribution >= 0.6 is 0 Å². The van der Waals surface area contributed by atoms with Crippen molar-refractivity contribution in [3.63, 3.8) is 0 Å². The van der Waals surface area contributed by atoms with Crippen LogP contribution in [0.1, 0.15) is 227 Å². The molecule has 1 aliphatic heterocycles. The average molecular weight is 1440 g/mol. The molecule has 2 saturated carbocycles. The van der Waals surface area contributed by atoms with Gasteiger partial charge in [0.1, 0.15) is 23.0 Å². The number of amides is 1. The fourth-order valence-corrected chi connectivity index (χ4v) is 17.9. The zero-order chi connectivity index (χ0) is 74.7. The zero-order valence-electron chi connectivity index (χ0n) is 63.2. The van der Waals surface area contributed by atoms with Crippen LogP contribution in [0.3, 0.4) is 0 Å². The predicted octanol–water partition coefficient (Wildman–Crippen LogP) is 27.0. The lowest BCUT2D eigenvalue weighted by atomic mass is 9.76. The third-order valence-corrected chi connectivity index (χ3v) is 24.1. The molecule has 0 spiro atoms. The predicted molar refractivity (Wildman–Crippen MR) is 434 cm³/mol. The van der Waals surface area contributed by atoms with Crippen molar-refractivity contribution in [2.45, 2.75) is 179 Å². The van der Waals surface area contributed by atoms with Gasteiger partial charge in [-0.15, -0.1) is 0 Å². The highest BCUT2D eigenvalue weighted by Gasteiger charge is 2.46. The number of benzene rings is 11. The fraction of sp³-hybridized carbons (Fsp3) is 0.327. The van der Waals surface area contributed by atoms with E-state index in [1.54, 1.807) is 13.2 Å². The first-order valence-corrected chi connectivity index (χ1v) is 39.6. The highest BCUT2D eigenvalue weighted by atomic mass is 19.4. The van der Waals surface area contributed by atoms with Gasteiger partial charge in [-0.3, -0.25) is 4.79 Å². The maximum Gasteiger partial charge on any atom is 0.416 e. The Morgan fingerprint density at radius 1 is 0.528 bits per heavy atom. The van der Waals surface area contributed by atoms with Crippen molar-refractivity contribution in [2.75, 3.05) is 19.0 Å². The Hall–Kier alpha value is -10.2. The van der Waals surface area contributed by atoms with Crippen LogP contribution < -0.4 is 24.3 Å². The van der Waals surface area contributed by atoms with Gasteiger partial charge in [0.15, 0.2) is 5.60 Å². The smallest absolute Gasteiger partial charge is 0.416 e. The van der Waals surface area contributed by atoms with Gasteiger partial charge in [-0.2, -0.15) is 13.2 Å². The van der Waals surface area contributed by atoms with E-state index in [0.29, 0.717) is 85.2 Å². The fourth-order valence-electron chi connectivity index (χ4n) is 17.9. The molecule has 1 heterocycles. The normalized spacial score (nSPS) is 18.6. The Kier molecular flexibility index (Phi) is 21.4. The molecule has 0 radical (unpaired) electrons. The average Bonchev–Trinajstić information content (AvgIpc) is 1.26. The summed E-state index contributed by atoms with van der Waals surface area (Å²) in [7, 11) is 1.63. The van der Waals surface area contributed by atoms with Crippen LogP contribution in [0.25, 0.3) is 72.1 Å². The number of rotatable bonds is 24. The minimum atomic E-state index is -4.61. The van der Waals surface area contributed by atoms with Crippen LogP contribution in [0.4, 0.5) is 18.9 Å². The minimum Gasteiger partial charge on any atom is -0.497 e. The van der Waals surface area contributed by atoms with Gasteiger partial charge in [-0.25, -0.2) is 4.79 Å². The van der Waals surface area contributed by atoms with E-state index in [0.717, 1.165) is 85.9 Å². The molecule has 552 valence electrons. The molecule has 0 bridgehead atoms. The molecule has 10 heteroatoms. The Morgan fingerprint density at radius 3 is 1.59 bits per heavy atom. The largest absolute Gasteiger partial charge is 0.497 e. The zero-order valence-corrected chi connectivity index (χ0v) is 63.2. The summed E-state index contributed by atoms with van der Waals surface area (Å²) in [5.74, 6) is 4.22. The summed E-state index contributed by atoms with van der Waals surface area (Å²) in [6.45, 7) is 11.2. The number of hydrogen-bond donors (Lipinski definition) is 1. The molecule has 11 aromatic carbocycles. The molecule has 15 rings (SSSR count). The number of hydrogen-bond acceptors (Lipinski definition) is 6. The van der Waals surface area contributed by atoms with Gasteiger partial charge in [0.05, 0.1) is 24.8 Å². The van der Waals surface area contributed by atoms with Crippen molar-refractivity contribution in [2.24, 2.45) is 11.8 Å². The molecule has 1 atom stereocenters. The third kappa shape index (κ3) is 14.9. The van der Waals surface area contributed by atoms with Crippen molar-refractivity contribution in [3.8, 4) is 67.5 Å². The summed E-state index contributed by atoms with van der Waals surface area (Å²) in [5, 5.41) is 5.82. The molecule has 4 aliphatic rings. The van der Waals surface area contributed by atoms with Gasteiger partial charge in [0.25, 0.3) is 5.91 Å². The topological polar surface area (TPSA) is 83.1 Å². The molecule has 2 fully saturated rings. The van der Waals surface area contributed by atoms with E-state index in [-0.39, 0.29) is 11.7 Å². The number of carbonyl (C=O) groups is 2. The number of alkyl halides is 3. The van der Waals surface area contributed by atoms with E-state index < -0.39 is 28.7 Å². The first kappa shape index (κ1) is 73.3. The van der Waals surface area contributed by atoms with E-state index in [1.165, 1.54) is 126 Å². The lowest BCUT2D eigenvalue weighted by Crippen LogP contribution is -2.35. The number of carbonyl (C=O) groups excluding carboxylic acids is 2. The van der Waals surface area contributed by atoms with Crippen molar-refractivity contribution in [3.05, 3.63) is 274 Å². The van der Waals surface area contributed by atoms with Crippen molar-refractivity contribution in [1.29, 1.82) is 0 Å². The minimum absolute atomic E-state index is 0.266. The highest BCUT2D eigenvalue weighted by molar-refractivity contribution is 6.24. The van der Waals surface area contributed by atoms with E-state index in [4.69, 9.17) is 18.9 Å². The Labute approximate surface area is 635 Å². The molecule has 1 unspecified atom stereocenters. The second-order valence-corrected chi connectivity index (χ2v) is 31.3. The lowest BCUT2D eigenvalue weighted by molar-refractivity contribution is -0.137. The number of ether oxygens (including phenoxy) is 4. The second-order valence-electron chi connectivity index (χ2n) is 31.3. The first-order chi connectivity index (χ1) is 52.5. The van der Waals surface area contributed by atoms with Gasteiger partial charge < -0.3 is 24.3 Å².